The predicted molar refractivity (Wildman–Crippen MR) is 134 cm³/mol. The predicted octanol–water partition coefficient (Wildman–Crippen LogP) is 3.47. The van der Waals surface area contributed by atoms with E-state index in [9.17, 15) is 13.2 Å². The van der Waals surface area contributed by atoms with Crippen molar-refractivity contribution in [3.8, 4) is 11.4 Å². The van der Waals surface area contributed by atoms with Crippen molar-refractivity contribution in [2.24, 2.45) is 4.99 Å². The lowest BCUT2D eigenvalue weighted by Gasteiger charge is -2.10. The Morgan fingerprint density at radius 1 is 1.15 bits per heavy atom. The molecule has 178 valence electrons. The van der Waals surface area contributed by atoms with Gasteiger partial charge in [0.2, 0.25) is 5.91 Å². The molecule has 0 atom stereocenters. The van der Waals surface area contributed by atoms with Crippen molar-refractivity contribution in [1.82, 2.24) is 19.5 Å². The summed E-state index contributed by atoms with van der Waals surface area (Å²) in [6.07, 6.45) is 1.45. The minimum absolute atomic E-state index is 0.0704. The van der Waals surface area contributed by atoms with Crippen molar-refractivity contribution in [2.45, 2.75) is 43.3 Å². The van der Waals surface area contributed by atoms with E-state index in [2.05, 4.69) is 25.2 Å². The lowest BCUT2D eigenvalue weighted by molar-refractivity contribution is -0.113. The number of sulfonamides is 1. The van der Waals surface area contributed by atoms with Gasteiger partial charge in [-0.15, -0.1) is 10.2 Å². The van der Waals surface area contributed by atoms with Gasteiger partial charge in [0.25, 0.3) is 10.0 Å². The number of nitrogens with one attached hydrogen (secondary N) is 2. The smallest absolute Gasteiger partial charge is 0.262 e. The van der Waals surface area contributed by atoms with Crippen molar-refractivity contribution >= 4 is 39.2 Å². The van der Waals surface area contributed by atoms with E-state index in [0.717, 1.165) is 23.4 Å². The van der Waals surface area contributed by atoms with Crippen LogP contribution >= 0.6 is 11.8 Å². The Kier molecular flexibility index (Phi) is 7.32. The molecule has 11 heteroatoms. The molecule has 1 aliphatic rings. The van der Waals surface area contributed by atoms with Crippen LogP contribution in [0.3, 0.4) is 0 Å². The summed E-state index contributed by atoms with van der Waals surface area (Å²) in [5, 5.41) is 12.0. The number of amides is 1. The van der Waals surface area contributed by atoms with Crippen LogP contribution in [-0.2, 0) is 21.4 Å². The Bertz CT molecular complexity index is 1330. The van der Waals surface area contributed by atoms with E-state index < -0.39 is 10.0 Å². The number of carbonyl (C=O) groups excluding carboxylic acids is 1. The van der Waals surface area contributed by atoms with Crippen LogP contribution in [-0.4, -0.2) is 47.2 Å². The summed E-state index contributed by atoms with van der Waals surface area (Å²) >= 11 is 1.28. The molecule has 0 bridgehead atoms. The zero-order chi connectivity index (χ0) is 24.1. The highest BCUT2D eigenvalue weighted by atomic mass is 32.2. The Hall–Kier alpha value is -3.18. The molecule has 2 heterocycles. The summed E-state index contributed by atoms with van der Waals surface area (Å²) in [6, 6.07) is 14.2. The van der Waals surface area contributed by atoms with Crippen molar-refractivity contribution in [3.63, 3.8) is 0 Å². The number of thioether (sulfide) groups is 1. The molecule has 9 nitrogen and oxygen atoms in total. The fourth-order valence-corrected chi connectivity index (χ4v) is 5.52. The molecule has 0 aliphatic carbocycles. The van der Waals surface area contributed by atoms with Gasteiger partial charge in [-0.3, -0.25) is 14.5 Å². The number of rotatable bonds is 8. The average molecular weight is 499 g/mol. The number of amidine groups is 1. The Morgan fingerprint density at radius 3 is 2.71 bits per heavy atom. The van der Waals surface area contributed by atoms with Gasteiger partial charge in [-0.2, -0.15) is 0 Å². The third-order valence-corrected chi connectivity index (χ3v) is 7.54. The molecule has 0 fully saturated rings. The normalized spacial score (nSPS) is 13.5. The maximum absolute atomic E-state index is 12.6. The van der Waals surface area contributed by atoms with E-state index in [1.807, 2.05) is 42.7 Å². The van der Waals surface area contributed by atoms with Crippen molar-refractivity contribution in [1.29, 1.82) is 0 Å². The van der Waals surface area contributed by atoms with E-state index in [1.165, 1.54) is 23.9 Å². The first kappa shape index (κ1) is 24.0. The standard InChI is InChI=1S/C23H26N6O3S2/c1-3-29-22(17-8-4-7-16(2)13-17)26-27-23(29)33-15-21(30)25-18-9-5-10-19(14-18)34(31,32)28-20-11-6-12-24-20/h4-5,7-10,13-14H,3,6,11-12,15H2,1-2H3,(H,24,28)(H,25,30). The second-order valence-electron chi connectivity index (χ2n) is 7.82. The summed E-state index contributed by atoms with van der Waals surface area (Å²) in [5.74, 6) is 1.07. The molecule has 0 saturated carbocycles. The summed E-state index contributed by atoms with van der Waals surface area (Å²) in [5.41, 5.74) is 2.51. The molecule has 0 spiro atoms. The van der Waals surface area contributed by atoms with E-state index in [4.69, 9.17) is 0 Å². The maximum Gasteiger partial charge on any atom is 0.262 e. The quantitative estimate of drug-likeness (QED) is 0.459. The zero-order valence-electron chi connectivity index (χ0n) is 19.0. The van der Waals surface area contributed by atoms with Crippen molar-refractivity contribution < 1.29 is 13.2 Å². The van der Waals surface area contributed by atoms with Crippen LogP contribution < -0.4 is 10.0 Å². The molecular weight excluding hydrogens is 472 g/mol. The number of nitrogens with zero attached hydrogens (tertiary/aromatic N) is 4. The van der Waals surface area contributed by atoms with Gasteiger partial charge in [-0.25, -0.2) is 8.42 Å². The van der Waals surface area contributed by atoms with Crippen LogP contribution in [0.25, 0.3) is 11.4 Å². The number of benzene rings is 2. The van der Waals surface area contributed by atoms with E-state index in [-0.39, 0.29) is 16.6 Å². The highest BCUT2D eigenvalue weighted by Gasteiger charge is 2.19. The molecule has 1 amide bonds. The first-order valence-electron chi connectivity index (χ1n) is 10.9. The van der Waals surface area contributed by atoms with Gasteiger partial charge in [0, 0.05) is 30.8 Å². The highest BCUT2D eigenvalue weighted by molar-refractivity contribution is 7.99. The van der Waals surface area contributed by atoms with E-state index in [0.29, 0.717) is 36.2 Å². The summed E-state index contributed by atoms with van der Waals surface area (Å²) in [4.78, 5) is 16.8. The fraction of sp³-hybridized carbons (Fsp3) is 0.304. The van der Waals surface area contributed by atoms with Gasteiger partial charge in [0.05, 0.1) is 10.6 Å². The fourth-order valence-electron chi connectivity index (χ4n) is 3.58. The molecule has 34 heavy (non-hydrogen) atoms. The molecule has 0 saturated heterocycles. The average Bonchev–Trinajstić information content (AvgIpc) is 3.47. The third-order valence-electron chi connectivity index (χ3n) is 5.20. The van der Waals surface area contributed by atoms with Gasteiger partial charge in [-0.05, 0) is 44.5 Å². The lowest BCUT2D eigenvalue weighted by Crippen LogP contribution is -2.29. The second kappa shape index (κ2) is 10.4. The molecule has 4 rings (SSSR count). The first-order valence-corrected chi connectivity index (χ1v) is 13.4. The lowest BCUT2D eigenvalue weighted by atomic mass is 10.1. The number of aliphatic imine (C=N–C) groups is 1. The number of aryl methyl sites for hydroxylation is 1. The molecule has 1 aromatic heterocycles. The van der Waals surface area contributed by atoms with Crippen molar-refractivity contribution in [2.75, 3.05) is 17.6 Å². The van der Waals surface area contributed by atoms with Gasteiger partial charge < -0.3 is 9.88 Å². The largest absolute Gasteiger partial charge is 0.325 e. The number of carbonyl (C=O) groups is 1. The van der Waals surface area contributed by atoms with Gasteiger partial charge in [-0.1, -0.05) is 41.6 Å². The molecule has 2 aromatic carbocycles. The first-order chi connectivity index (χ1) is 16.4. The molecule has 1 aliphatic heterocycles. The van der Waals surface area contributed by atoms with Crippen LogP contribution in [0.1, 0.15) is 25.3 Å². The van der Waals surface area contributed by atoms with Crippen molar-refractivity contribution in [3.05, 3.63) is 54.1 Å². The summed E-state index contributed by atoms with van der Waals surface area (Å²) in [7, 11) is -3.75. The number of hydrogen-bond acceptors (Lipinski definition) is 7. The van der Waals surface area contributed by atoms with Gasteiger partial charge >= 0.3 is 0 Å². The molecule has 2 N–H and O–H groups in total. The zero-order valence-corrected chi connectivity index (χ0v) is 20.6. The Labute approximate surface area is 203 Å². The SMILES string of the molecule is CCn1c(SCC(=O)Nc2cccc(S(=O)(=O)NC3=NCCC3)c2)nnc1-c1cccc(C)c1. The number of aromatic nitrogens is 3. The number of hydrogen-bond donors (Lipinski definition) is 2. The monoisotopic (exact) mass is 498 g/mol. The minimum atomic E-state index is -3.75. The van der Waals surface area contributed by atoms with Gasteiger partial charge in [0.15, 0.2) is 11.0 Å². The van der Waals surface area contributed by atoms with E-state index in [1.54, 1.807) is 12.1 Å². The minimum Gasteiger partial charge on any atom is -0.325 e. The summed E-state index contributed by atoms with van der Waals surface area (Å²) in [6.45, 7) is 5.32. The van der Waals surface area contributed by atoms with Crippen LogP contribution in [0.4, 0.5) is 5.69 Å². The van der Waals surface area contributed by atoms with Crippen LogP contribution in [0.2, 0.25) is 0 Å². The maximum atomic E-state index is 12.6. The van der Waals surface area contributed by atoms with Gasteiger partial charge in [0.1, 0.15) is 5.84 Å². The summed E-state index contributed by atoms with van der Waals surface area (Å²) < 4.78 is 29.7. The topological polar surface area (TPSA) is 118 Å². The van der Waals surface area contributed by atoms with Crippen LogP contribution in [0.5, 0.6) is 0 Å². The molecule has 0 unspecified atom stereocenters. The molecule has 0 radical (unpaired) electrons. The Balaban J connectivity index is 1.41. The molecule has 3 aromatic rings. The van der Waals surface area contributed by atoms with E-state index >= 15 is 0 Å². The Morgan fingerprint density at radius 2 is 1.97 bits per heavy atom. The third kappa shape index (κ3) is 5.65. The highest BCUT2D eigenvalue weighted by Crippen LogP contribution is 2.25. The number of anilines is 1. The van der Waals surface area contributed by atoms with Crippen LogP contribution in [0.15, 0.2) is 63.6 Å². The second-order valence-corrected chi connectivity index (χ2v) is 10.4. The van der Waals surface area contributed by atoms with Crippen LogP contribution in [0, 0.1) is 6.92 Å². The molecular formula is C23H26N6O3S2.